The third-order valence-corrected chi connectivity index (χ3v) is 4.56. The van der Waals surface area contributed by atoms with Crippen molar-refractivity contribution in [1.82, 2.24) is 19.5 Å². The van der Waals surface area contributed by atoms with Crippen LogP contribution in [0.25, 0.3) is 11.2 Å². The van der Waals surface area contributed by atoms with Gasteiger partial charge in [-0.3, -0.25) is 0 Å². The average Bonchev–Trinajstić information content (AvgIpc) is 3.06. The van der Waals surface area contributed by atoms with Crippen LogP contribution in [0.15, 0.2) is 12.7 Å². The molecule has 5 nitrogen and oxygen atoms in total. The maximum atomic E-state index is 4.40. The molecule has 94 valence electrons. The van der Waals surface area contributed by atoms with Gasteiger partial charge in [0.05, 0.1) is 6.33 Å². The Labute approximate surface area is 106 Å². The Balaban J connectivity index is 1.67. The molecule has 2 saturated carbocycles. The molecule has 0 spiro atoms. The Morgan fingerprint density at radius 1 is 1.22 bits per heavy atom. The molecular weight excluding hydrogens is 226 g/mol. The fourth-order valence-corrected chi connectivity index (χ4v) is 3.65. The molecule has 2 aliphatic rings. The van der Waals surface area contributed by atoms with Crippen LogP contribution in [0.5, 0.6) is 0 Å². The van der Waals surface area contributed by atoms with E-state index < -0.39 is 0 Å². The van der Waals surface area contributed by atoms with Crippen LogP contribution in [0.1, 0.15) is 25.7 Å². The highest BCUT2D eigenvalue weighted by Gasteiger charge is 2.39. The first-order valence-electron chi connectivity index (χ1n) is 6.70. The summed E-state index contributed by atoms with van der Waals surface area (Å²) in [5.41, 5.74) is 1.79. The molecule has 0 aliphatic heterocycles. The zero-order valence-electron chi connectivity index (χ0n) is 10.5. The van der Waals surface area contributed by atoms with Gasteiger partial charge in [0.2, 0.25) is 0 Å². The lowest BCUT2D eigenvalue weighted by atomic mass is 9.95. The zero-order valence-corrected chi connectivity index (χ0v) is 10.5. The third-order valence-electron chi connectivity index (χ3n) is 4.56. The summed E-state index contributed by atoms with van der Waals surface area (Å²) in [5.74, 6) is 2.68. The molecule has 2 aromatic rings. The van der Waals surface area contributed by atoms with E-state index in [1.54, 1.807) is 12.7 Å². The fourth-order valence-electron chi connectivity index (χ4n) is 3.65. The minimum atomic E-state index is 0.587. The maximum Gasteiger partial charge on any atom is 0.165 e. The number of aryl methyl sites for hydroxylation is 1. The van der Waals surface area contributed by atoms with Crippen LogP contribution < -0.4 is 5.32 Å². The normalized spacial score (nSPS) is 30.2. The second-order valence-electron chi connectivity index (χ2n) is 5.68. The summed E-state index contributed by atoms with van der Waals surface area (Å²) >= 11 is 0. The fraction of sp³-hybridized carbons (Fsp3) is 0.615. The van der Waals surface area contributed by atoms with E-state index in [0.717, 1.165) is 28.8 Å². The zero-order chi connectivity index (χ0) is 12.1. The Hall–Kier alpha value is -1.65. The number of rotatable bonds is 2. The predicted molar refractivity (Wildman–Crippen MR) is 69.2 cm³/mol. The molecule has 1 unspecified atom stereocenters. The lowest BCUT2D eigenvalue weighted by Gasteiger charge is -2.23. The number of aromatic nitrogens is 4. The second-order valence-corrected chi connectivity index (χ2v) is 5.68. The van der Waals surface area contributed by atoms with Crippen LogP contribution in [0.4, 0.5) is 5.82 Å². The molecule has 2 aromatic heterocycles. The summed E-state index contributed by atoms with van der Waals surface area (Å²) in [7, 11) is 1.96. The van der Waals surface area contributed by atoms with Crippen LogP contribution in [0.2, 0.25) is 0 Å². The minimum absolute atomic E-state index is 0.587. The quantitative estimate of drug-likeness (QED) is 0.876. The van der Waals surface area contributed by atoms with Gasteiger partial charge >= 0.3 is 0 Å². The van der Waals surface area contributed by atoms with Gasteiger partial charge in [0, 0.05) is 13.1 Å². The van der Waals surface area contributed by atoms with E-state index in [9.17, 15) is 0 Å². The predicted octanol–water partition coefficient (Wildman–Crippen LogP) is 1.96. The van der Waals surface area contributed by atoms with Gasteiger partial charge in [0.15, 0.2) is 11.5 Å². The smallest absolute Gasteiger partial charge is 0.165 e. The van der Waals surface area contributed by atoms with Crippen molar-refractivity contribution in [2.75, 3.05) is 5.32 Å². The van der Waals surface area contributed by atoms with Gasteiger partial charge < -0.3 is 9.88 Å². The van der Waals surface area contributed by atoms with Crippen molar-refractivity contribution in [3.8, 4) is 0 Å². The molecule has 3 atom stereocenters. The Kier molecular flexibility index (Phi) is 2.10. The van der Waals surface area contributed by atoms with Crippen molar-refractivity contribution < 1.29 is 0 Å². The summed E-state index contributed by atoms with van der Waals surface area (Å²) in [5, 5.41) is 3.60. The van der Waals surface area contributed by atoms with Crippen molar-refractivity contribution in [3.63, 3.8) is 0 Å². The van der Waals surface area contributed by atoms with Gasteiger partial charge in [0.25, 0.3) is 0 Å². The van der Waals surface area contributed by atoms with E-state index in [1.165, 1.54) is 25.7 Å². The molecule has 5 heteroatoms. The van der Waals surface area contributed by atoms with E-state index in [2.05, 4.69) is 20.3 Å². The van der Waals surface area contributed by atoms with Crippen molar-refractivity contribution in [2.45, 2.75) is 31.7 Å². The number of imidazole rings is 1. The van der Waals surface area contributed by atoms with E-state index in [1.807, 2.05) is 11.6 Å². The Bertz CT molecular complexity index is 590. The molecule has 18 heavy (non-hydrogen) atoms. The molecule has 0 amide bonds. The van der Waals surface area contributed by atoms with E-state index in [0.29, 0.717) is 6.04 Å². The number of hydrogen-bond donors (Lipinski definition) is 1. The summed E-state index contributed by atoms with van der Waals surface area (Å²) in [4.78, 5) is 13.0. The van der Waals surface area contributed by atoms with Gasteiger partial charge in [-0.15, -0.1) is 0 Å². The summed E-state index contributed by atoms with van der Waals surface area (Å²) in [6.07, 6.45) is 8.91. The average molecular weight is 243 g/mol. The van der Waals surface area contributed by atoms with Crippen molar-refractivity contribution in [2.24, 2.45) is 18.9 Å². The molecule has 1 N–H and O–H groups in total. The summed E-state index contributed by atoms with van der Waals surface area (Å²) < 4.78 is 1.93. The molecule has 0 saturated heterocycles. The lowest BCUT2D eigenvalue weighted by Crippen LogP contribution is -2.26. The highest BCUT2D eigenvalue weighted by atomic mass is 15.1. The SMILES string of the molecule is Cn1cnc2c(NC3C[C@@H]4CC[C@H]3C4)ncnc21. The summed E-state index contributed by atoms with van der Waals surface area (Å²) in [6, 6.07) is 0.587. The van der Waals surface area contributed by atoms with E-state index in [4.69, 9.17) is 0 Å². The van der Waals surface area contributed by atoms with Crippen molar-refractivity contribution in [3.05, 3.63) is 12.7 Å². The van der Waals surface area contributed by atoms with Gasteiger partial charge in [-0.2, -0.15) is 0 Å². The van der Waals surface area contributed by atoms with Gasteiger partial charge in [-0.1, -0.05) is 6.42 Å². The van der Waals surface area contributed by atoms with Gasteiger partial charge in [-0.25, -0.2) is 15.0 Å². The highest BCUT2D eigenvalue weighted by molar-refractivity contribution is 5.82. The van der Waals surface area contributed by atoms with E-state index >= 15 is 0 Å². The molecule has 2 bridgehead atoms. The van der Waals surface area contributed by atoms with Gasteiger partial charge in [0.1, 0.15) is 11.8 Å². The molecule has 0 aromatic carbocycles. The Morgan fingerprint density at radius 3 is 2.94 bits per heavy atom. The van der Waals surface area contributed by atoms with Crippen molar-refractivity contribution in [1.29, 1.82) is 0 Å². The molecular formula is C13H17N5. The molecule has 4 rings (SSSR count). The highest BCUT2D eigenvalue weighted by Crippen LogP contribution is 2.45. The van der Waals surface area contributed by atoms with Crippen LogP contribution in [0, 0.1) is 11.8 Å². The van der Waals surface area contributed by atoms with Crippen LogP contribution in [-0.2, 0) is 7.05 Å². The number of anilines is 1. The largest absolute Gasteiger partial charge is 0.365 e. The lowest BCUT2D eigenvalue weighted by molar-refractivity contribution is 0.439. The molecule has 2 heterocycles. The third kappa shape index (κ3) is 1.43. The van der Waals surface area contributed by atoms with Crippen LogP contribution >= 0.6 is 0 Å². The standard InChI is InChI=1S/C13H17N5/c1-18-7-16-11-12(14-6-15-13(11)18)17-10-5-8-2-3-9(10)4-8/h6-10H,2-5H2,1H3,(H,14,15,17)/t8-,9+,10?/m1/s1. The summed E-state index contributed by atoms with van der Waals surface area (Å²) in [6.45, 7) is 0. The topological polar surface area (TPSA) is 55.6 Å². The van der Waals surface area contributed by atoms with Crippen molar-refractivity contribution >= 4 is 17.0 Å². The first-order chi connectivity index (χ1) is 8.81. The monoisotopic (exact) mass is 243 g/mol. The Morgan fingerprint density at radius 2 is 2.17 bits per heavy atom. The number of nitrogens with one attached hydrogen (secondary N) is 1. The number of nitrogens with zero attached hydrogens (tertiary/aromatic N) is 4. The van der Waals surface area contributed by atoms with Gasteiger partial charge in [-0.05, 0) is 31.1 Å². The maximum absolute atomic E-state index is 4.40. The number of fused-ring (bicyclic) bond motifs is 3. The molecule has 2 fully saturated rings. The van der Waals surface area contributed by atoms with Crippen LogP contribution in [-0.4, -0.2) is 25.6 Å². The second kappa shape index (κ2) is 3.67. The van der Waals surface area contributed by atoms with E-state index in [-0.39, 0.29) is 0 Å². The first kappa shape index (κ1) is 10.3. The molecule has 2 aliphatic carbocycles. The first-order valence-corrected chi connectivity index (χ1v) is 6.70. The number of hydrogen-bond acceptors (Lipinski definition) is 4. The van der Waals surface area contributed by atoms with Crippen LogP contribution in [0.3, 0.4) is 0 Å². The molecule has 0 radical (unpaired) electrons. The minimum Gasteiger partial charge on any atom is -0.365 e.